The Morgan fingerprint density at radius 1 is 1.44 bits per heavy atom. The second-order valence-electron chi connectivity index (χ2n) is 3.76. The highest BCUT2D eigenvalue weighted by Gasteiger charge is 2.13. The predicted molar refractivity (Wildman–Crippen MR) is 61.6 cm³/mol. The zero-order valence-corrected chi connectivity index (χ0v) is 8.99. The third kappa shape index (κ3) is 1.74. The number of nitrogen functional groups attached to an aromatic ring is 1. The summed E-state index contributed by atoms with van der Waals surface area (Å²) in [5.41, 5.74) is 7.98. The monoisotopic (exact) mass is 219 g/mol. The number of nitrogens with two attached hydrogens (primary N) is 1. The van der Waals surface area contributed by atoms with E-state index in [1.54, 1.807) is 6.07 Å². The van der Waals surface area contributed by atoms with E-state index in [1.165, 1.54) is 6.07 Å². The highest BCUT2D eigenvalue weighted by molar-refractivity contribution is 5.93. The normalized spacial score (nSPS) is 10.8. The van der Waals surface area contributed by atoms with Crippen LogP contribution in [0.5, 0.6) is 0 Å². The van der Waals surface area contributed by atoms with Crippen molar-refractivity contribution >= 4 is 22.6 Å². The van der Waals surface area contributed by atoms with Crippen molar-refractivity contribution in [3.63, 3.8) is 0 Å². The van der Waals surface area contributed by atoms with Crippen molar-refractivity contribution in [2.75, 3.05) is 5.73 Å². The van der Waals surface area contributed by atoms with Gasteiger partial charge in [0.1, 0.15) is 5.58 Å². The quantitative estimate of drug-likeness (QED) is 0.778. The molecular formula is C12H13NO3. The number of furan rings is 1. The van der Waals surface area contributed by atoms with E-state index in [9.17, 15) is 4.79 Å². The fraction of sp³-hybridized carbons (Fsp3) is 0.250. The fourth-order valence-electron chi connectivity index (χ4n) is 1.81. The molecule has 0 saturated heterocycles. The van der Waals surface area contributed by atoms with Gasteiger partial charge in [-0.1, -0.05) is 13.3 Å². The average Bonchev–Trinajstić information content (AvgIpc) is 2.61. The van der Waals surface area contributed by atoms with Crippen LogP contribution in [0.15, 0.2) is 22.6 Å². The molecular weight excluding hydrogens is 206 g/mol. The van der Waals surface area contributed by atoms with Crippen molar-refractivity contribution in [2.24, 2.45) is 0 Å². The van der Waals surface area contributed by atoms with Gasteiger partial charge in [0, 0.05) is 11.1 Å². The number of hydrogen-bond donors (Lipinski definition) is 2. The smallest absolute Gasteiger partial charge is 0.371 e. The van der Waals surface area contributed by atoms with Gasteiger partial charge in [0.15, 0.2) is 0 Å². The molecule has 4 nitrogen and oxygen atoms in total. The van der Waals surface area contributed by atoms with Crippen molar-refractivity contribution in [1.82, 2.24) is 0 Å². The van der Waals surface area contributed by atoms with E-state index < -0.39 is 5.97 Å². The molecule has 84 valence electrons. The first-order valence-corrected chi connectivity index (χ1v) is 5.17. The number of benzene rings is 1. The van der Waals surface area contributed by atoms with Gasteiger partial charge in [0.2, 0.25) is 5.76 Å². The standard InChI is InChI=1S/C12H13NO3/c1-2-3-7-4-9(13)5-8-6-10(12(14)15)16-11(7)8/h4-6H,2-3,13H2,1H3,(H,14,15). The number of carboxylic acid groups (broad SMARTS) is 1. The van der Waals surface area contributed by atoms with Crippen LogP contribution >= 0.6 is 0 Å². The van der Waals surface area contributed by atoms with Crippen molar-refractivity contribution in [2.45, 2.75) is 19.8 Å². The van der Waals surface area contributed by atoms with Gasteiger partial charge in [-0.25, -0.2) is 4.79 Å². The Hall–Kier alpha value is -1.97. The van der Waals surface area contributed by atoms with Crippen LogP contribution in [-0.2, 0) is 6.42 Å². The summed E-state index contributed by atoms with van der Waals surface area (Å²) in [5.74, 6) is -1.10. The molecule has 1 aromatic carbocycles. The largest absolute Gasteiger partial charge is 0.475 e. The molecule has 2 rings (SSSR count). The molecule has 0 fully saturated rings. The third-order valence-corrected chi connectivity index (χ3v) is 2.45. The number of rotatable bonds is 3. The molecule has 0 radical (unpaired) electrons. The van der Waals surface area contributed by atoms with Crippen LogP contribution in [-0.4, -0.2) is 11.1 Å². The molecule has 2 aromatic rings. The van der Waals surface area contributed by atoms with Crippen molar-refractivity contribution in [3.05, 3.63) is 29.5 Å². The molecule has 0 aliphatic heterocycles. The molecule has 0 saturated carbocycles. The van der Waals surface area contributed by atoms with Crippen molar-refractivity contribution in [3.8, 4) is 0 Å². The van der Waals surface area contributed by atoms with Crippen LogP contribution in [0.4, 0.5) is 5.69 Å². The van der Waals surface area contributed by atoms with Gasteiger partial charge in [0.05, 0.1) is 0 Å². The first kappa shape index (κ1) is 10.5. The Morgan fingerprint density at radius 3 is 2.81 bits per heavy atom. The zero-order chi connectivity index (χ0) is 11.7. The summed E-state index contributed by atoms with van der Waals surface area (Å²) in [4.78, 5) is 10.8. The highest BCUT2D eigenvalue weighted by Crippen LogP contribution is 2.27. The number of aryl methyl sites for hydroxylation is 1. The Balaban J connectivity index is 2.65. The van der Waals surface area contributed by atoms with Gasteiger partial charge in [0.25, 0.3) is 0 Å². The lowest BCUT2D eigenvalue weighted by Crippen LogP contribution is -1.91. The molecule has 1 heterocycles. The van der Waals surface area contributed by atoms with Crippen LogP contribution in [0.2, 0.25) is 0 Å². The van der Waals surface area contributed by atoms with E-state index in [0.29, 0.717) is 11.3 Å². The Labute approximate surface area is 92.7 Å². The summed E-state index contributed by atoms with van der Waals surface area (Å²) >= 11 is 0. The van der Waals surface area contributed by atoms with Gasteiger partial charge < -0.3 is 15.3 Å². The fourth-order valence-corrected chi connectivity index (χ4v) is 1.81. The molecule has 0 bridgehead atoms. The maximum atomic E-state index is 10.8. The third-order valence-electron chi connectivity index (χ3n) is 2.45. The molecule has 4 heteroatoms. The summed E-state index contributed by atoms with van der Waals surface area (Å²) in [7, 11) is 0. The molecule has 1 aromatic heterocycles. The van der Waals surface area contributed by atoms with Gasteiger partial charge in [-0.05, 0) is 30.2 Å². The van der Waals surface area contributed by atoms with E-state index in [0.717, 1.165) is 23.8 Å². The number of aromatic carboxylic acids is 1. The number of carbonyl (C=O) groups is 1. The van der Waals surface area contributed by atoms with E-state index >= 15 is 0 Å². The molecule has 0 unspecified atom stereocenters. The summed E-state index contributed by atoms with van der Waals surface area (Å²) in [6.45, 7) is 2.05. The van der Waals surface area contributed by atoms with Crippen LogP contribution in [0, 0.1) is 0 Å². The highest BCUT2D eigenvalue weighted by atomic mass is 16.4. The van der Waals surface area contributed by atoms with Crippen LogP contribution in [0.1, 0.15) is 29.5 Å². The molecule has 0 aliphatic carbocycles. The first-order valence-electron chi connectivity index (χ1n) is 5.17. The van der Waals surface area contributed by atoms with Crippen LogP contribution in [0.3, 0.4) is 0 Å². The van der Waals surface area contributed by atoms with E-state index in [1.807, 2.05) is 6.07 Å². The molecule has 0 amide bonds. The van der Waals surface area contributed by atoms with E-state index in [4.69, 9.17) is 15.3 Å². The van der Waals surface area contributed by atoms with Gasteiger partial charge in [-0.3, -0.25) is 0 Å². The minimum Gasteiger partial charge on any atom is -0.475 e. The molecule has 16 heavy (non-hydrogen) atoms. The Kier molecular flexibility index (Phi) is 2.56. The maximum Gasteiger partial charge on any atom is 0.371 e. The lowest BCUT2D eigenvalue weighted by atomic mass is 10.1. The second kappa shape index (κ2) is 3.89. The minimum absolute atomic E-state index is 0.0436. The second-order valence-corrected chi connectivity index (χ2v) is 3.76. The Bertz CT molecular complexity index is 542. The number of hydrogen-bond acceptors (Lipinski definition) is 3. The summed E-state index contributed by atoms with van der Waals surface area (Å²) in [5, 5.41) is 9.60. The van der Waals surface area contributed by atoms with E-state index in [-0.39, 0.29) is 5.76 Å². The Morgan fingerprint density at radius 2 is 2.19 bits per heavy atom. The first-order chi connectivity index (χ1) is 7.61. The summed E-state index contributed by atoms with van der Waals surface area (Å²) in [6.07, 6.45) is 1.79. The lowest BCUT2D eigenvalue weighted by Gasteiger charge is -2.01. The predicted octanol–water partition coefficient (Wildman–Crippen LogP) is 2.67. The maximum absolute atomic E-state index is 10.8. The van der Waals surface area contributed by atoms with Crippen molar-refractivity contribution in [1.29, 1.82) is 0 Å². The zero-order valence-electron chi connectivity index (χ0n) is 8.99. The van der Waals surface area contributed by atoms with Gasteiger partial charge >= 0.3 is 5.97 Å². The number of carboxylic acids is 1. The van der Waals surface area contributed by atoms with Crippen LogP contribution < -0.4 is 5.73 Å². The van der Waals surface area contributed by atoms with Crippen molar-refractivity contribution < 1.29 is 14.3 Å². The average molecular weight is 219 g/mol. The summed E-state index contributed by atoms with van der Waals surface area (Å²) in [6, 6.07) is 5.07. The van der Waals surface area contributed by atoms with Gasteiger partial charge in [-0.15, -0.1) is 0 Å². The molecule has 0 atom stereocenters. The minimum atomic E-state index is -1.06. The van der Waals surface area contributed by atoms with Gasteiger partial charge in [-0.2, -0.15) is 0 Å². The summed E-state index contributed by atoms with van der Waals surface area (Å²) < 4.78 is 5.31. The van der Waals surface area contributed by atoms with Crippen LogP contribution in [0.25, 0.3) is 11.0 Å². The number of anilines is 1. The topological polar surface area (TPSA) is 76.5 Å². The SMILES string of the molecule is CCCc1cc(N)cc2cc(C(=O)O)oc12. The lowest BCUT2D eigenvalue weighted by molar-refractivity contribution is 0.0665. The number of fused-ring (bicyclic) bond motifs is 1. The molecule has 3 N–H and O–H groups in total. The molecule has 0 spiro atoms. The van der Waals surface area contributed by atoms with E-state index in [2.05, 4.69) is 6.92 Å². The molecule has 0 aliphatic rings.